The van der Waals surface area contributed by atoms with Crippen molar-refractivity contribution in [1.29, 1.82) is 0 Å². The van der Waals surface area contributed by atoms with Gasteiger partial charge >= 0.3 is 0 Å². The van der Waals surface area contributed by atoms with Crippen molar-refractivity contribution in [2.45, 2.75) is 0 Å². The van der Waals surface area contributed by atoms with Gasteiger partial charge in [-0.15, -0.1) is 0 Å². The molecule has 15 heavy (non-hydrogen) atoms. The van der Waals surface area contributed by atoms with Crippen molar-refractivity contribution < 1.29 is 14.3 Å². The van der Waals surface area contributed by atoms with Crippen molar-refractivity contribution >= 4 is 38.0 Å². The molecule has 1 aromatic rings. The zero-order chi connectivity index (χ0) is 10.8. The molecule has 0 saturated heterocycles. The number of halogens is 1. The van der Waals surface area contributed by atoms with Gasteiger partial charge in [-0.2, -0.15) is 0 Å². The van der Waals surface area contributed by atoms with Crippen LogP contribution < -0.4 is 15.4 Å². The number of nitrogens with one attached hydrogen (secondary N) is 2. The highest BCUT2D eigenvalue weighted by molar-refractivity contribution is 9.18. The molecule has 2 N–H and O–H groups in total. The van der Waals surface area contributed by atoms with Crippen molar-refractivity contribution in [3.8, 4) is 5.75 Å². The van der Waals surface area contributed by atoms with Crippen LogP contribution in [-0.2, 0) is 4.79 Å². The minimum atomic E-state index is -0.342. The van der Waals surface area contributed by atoms with Gasteiger partial charge in [-0.3, -0.25) is 9.59 Å². The second-order valence-corrected chi connectivity index (χ2v) is 3.67. The lowest BCUT2D eigenvalue weighted by Gasteiger charge is -2.18. The number of carbonyl (C=O) groups is 2. The summed E-state index contributed by atoms with van der Waals surface area (Å²) in [5.74, 6) is 0.395. The summed E-state index contributed by atoms with van der Waals surface area (Å²) in [6.45, 7) is 0.0250. The molecule has 0 bridgehead atoms. The van der Waals surface area contributed by atoms with E-state index in [0.717, 1.165) is 0 Å². The predicted octanol–water partition coefficient (Wildman–Crippen LogP) is 1.94. The molecular weight excluding hydrogens is 264 g/mol. The second-order valence-electron chi connectivity index (χ2n) is 2.95. The summed E-state index contributed by atoms with van der Waals surface area (Å²) in [5, 5.41) is 5.18. The topological polar surface area (TPSA) is 67.4 Å². The Hall–Kier alpha value is -1.56. The van der Waals surface area contributed by atoms with E-state index in [9.17, 15) is 9.59 Å². The van der Waals surface area contributed by atoms with Crippen molar-refractivity contribution in [1.82, 2.24) is 0 Å². The largest absolute Gasteiger partial charge is 0.482 e. The van der Waals surface area contributed by atoms with Gasteiger partial charge in [0.25, 0.3) is 10.7 Å². The van der Waals surface area contributed by atoms with Gasteiger partial charge in [0.05, 0.1) is 5.69 Å². The molecule has 1 heterocycles. The van der Waals surface area contributed by atoms with Gasteiger partial charge in [0.1, 0.15) is 5.75 Å². The molecule has 0 saturated carbocycles. The molecule has 0 spiro atoms. The van der Waals surface area contributed by atoms with Crippen LogP contribution in [0.2, 0.25) is 0 Å². The number of rotatable bonds is 1. The third-order valence-electron chi connectivity index (χ3n) is 1.86. The van der Waals surface area contributed by atoms with Crippen LogP contribution in [0.1, 0.15) is 0 Å². The molecule has 1 aliphatic heterocycles. The summed E-state index contributed by atoms with van der Waals surface area (Å²) >= 11 is 2.75. The van der Waals surface area contributed by atoms with Crippen LogP contribution in [0.25, 0.3) is 0 Å². The lowest BCUT2D eigenvalue weighted by molar-refractivity contribution is -0.118. The number of benzene rings is 1. The van der Waals surface area contributed by atoms with Crippen LogP contribution in [0, 0.1) is 0 Å². The Balaban J connectivity index is 2.28. The lowest BCUT2D eigenvalue weighted by atomic mass is 10.2. The zero-order valence-corrected chi connectivity index (χ0v) is 9.13. The number of amides is 2. The number of carbonyl (C=O) groups excluding carboxylic acids is 2. The van der Waals surface area contributed by atoms with Crippen LogP contribution in [0.3, 0.4) is 0 Å². The van der Waals surface area contributed by atoms with Crippen LogP contribution in [-0.4, -0.2) is 17.3 Å². The molecule has 2 rings (SSSR count). The maximum Gasteiger partial charge on any atom is 0.291 e. The molecule has 0 aliphatic carbocycles. The van der Waals surface area contributed by atoms with Gasteiger partial charge in [-0.05, 0) is 18.2 Å². The normalized spacial score (nSPS) is 13.5. The first-order chi connectivity index (χ1) is 7.15. The standard InChI is InChI=1S/C9H7BrN2O3/c10-9(14)11-5-1-2-7-6(3-5)12-8(13)4-15-7/h1-3H,4H2,(H,11,14)(H,12,13). The average Bonchev–Trinajstić information content (AvgIpc) is 2.16. The highest BCUT2D eigenvalue weighted by Crippen LogP contribution is 2.30. The minimum Gasteiger partial charge on any atom is -0.482 e. The van der Waals surface area contributed by atoms with Crippen LogP contribution >= 0.6 is 15.9 Å². The molecule has 0 atom stereocenters. The fraction of sp³-hybridized carbons (Fsp3) is 0.111. The van der Waals surface area contributed by atoms with Gasteiger partial charge in [-0.25, -0.2) is 0 Å². The van der Waals surface area contributed by atoms with Crippen molar-refractivity contribution in [2.75, 3.05) is 17.2 Å². The van der Waals surface area contributed by atoms with E-state index in [1.807, 2.05) is 0 Å². The van der Waals surface area contributed by atoms with Gasteiger partial charge in [-0.1, -0.05) is 0 Å². The van der Waals surface area contributed by atoms with E-state index in [0.29, 0.717) is 17.1 Å². The van der Waals surface area contributed by atoms with E-state index in [-0.39, 0.29) is 17.3 Å². The number of ether oxygens (including phenoxy) is 1. The molecule has 5 nitrogen and oxygen atoms in total. The molecule has 1 aromatic carbocycles. The number of hydrogen-bond donors (Lipinski definition) is 2. The summed E-state index contributed by atoms with van der Waals surface area (Å²) in [5.41, 5.74) is 1.14. The van der Waals surface area contributed by atoms with Crippen molar-refractivity contribution in [2.24, 2.45) is 0 Å². The fourth-order valence-electron chi connectivity index (χ4n) is 1.27. The van der Waals surface area contributed by atoms with Crippen LogP contribution in [0.15, 0.2) is 18.2 Å². The van der Waals surface area contributed by atoms with E-state index < -0.39 is 0 Å². The zero-order valence-electron chi connectivity index (χ0n) is 7.54. The average molecular weight is 271 g/mol. The molecule has 78 valence electrons. The monoisotopic (exact) mass is 270 g/mol. The Bertz CT molecular complexity index is 433. The highest BCUT2D eigenvalue weighted by Gasteiger charge is 2.15. The SMILES string of the molecule is O=C(Br)Nc1ccc2c(c1)NC(=O)CO2. The van der Waals surface area contributed by atoms with E-state index >= 15 is 0 Å². The Labute approximate surface area is 93.9 Å². The maximum atomic E-state index is 11.0. The first-order valence-electron chi connectivity index (χ1n) is 4.18. The van der Waals surface area contributed by atoms with Gasteiger partial charge in [0.2, 0.25) is 0 Å². The smallest absolute Gasteiger partial charge is 0.291 e. The Morgan fingerprint density at radius 3 is 3.07 bits per heavy atom. The van der Waals surface area contributed by atoms with Crippen molar-refractivity contribution in [3.63, 3.8) is 0 Å². The van der Waals surface area contributed by atoms with E-state index in [1.165, 1.54) is 0 Å². The quantitative estimate of drug-likeness (QED) is 0.606. The van der Waals surface area contributed by atoms with E-state index in [4.69, 9.17) is 4.74 Å². The van der Waals surface area contributed by atoms with Crippen LogP contribution in [0.4, 0.5) is 16.2 Å². The molecule has 0 unspecified atom stereocenters. The third kappa shape index (κ3) is 2.27. The highest BCUT2D eigenvalue weighted by atomic mass is 79.9. The lowest BCUT2D eigenvalue weighted by Crippen LogP contribution is -2.25. The molecule has 6 heteroatoms. The Morgan fingerprint density at radius 2 is 2.33 bits per heavy atom. The summed E-state index contributed by atoms with van der Waals surface area (Å²) in [6.07, 6.45) is 0. The summed E-state index contributed by atoms with van der Waals surface area (Å²) in [6, 6.07) is 5.01. The van der Waals surface area contributed by atoms with Crippen LogP contribution in [0.5, 0.6) is 5.75 Å². The molecule has 2 amide bonds. The molecule has 0 aromatic heterocycles. The molecule has 0 fully saturated rings. The Morgan fingerprint density at radius 1 is 1.53 bits per heavy atom. The maximum absolute atomic E-state index is 11.0. The number of fused-ring (bicyclic) bond motifs is 1. The second kappa shape index (κ2) is 3.90. The number of hydrogen-bond acceptors (Lipinski definition) is 3. The summed E-state index contributed by atoms with van der Waals surface area (Å²) < 4.78 is 5.16. The van der Waals surface area contributed by atoms with E-state index in [1.54, 1.807) is 18.2 Å². The van der Waals surface area contributed by atoms with Gasteiger partial charge < -0.3 is 15.4 Å². The third-order valence-corrected chi connectivity index (χ3v) is 2.05. The minimum absolute atomic E-state index is 0.0250. The van der Waals surface area contributed by atoms with E-state index in [2.05, 4.69) is 26.6 Å². The number of anilines is 2. The summed E-state index contributed by atoms with van der Waals surface area (Å²) in [7, 11) is 0. The Kier molecular flexibility index (Phi) is 2.59. The molecule has 0 radical (unpaired) electrons. The summed E-state index contributed by atoms with van der Waals surface area (Å²) in [4.78, 5) is 21.4. The van der Waals surface area contributed by atoms with Crippen molar-refractivity contribution in [3.05, 3.63) is 18.2 Å². The molecule has 1 aliphatic rings. The predicted molar refractivity (Wildman–Crippen MR) is 58.5 cm³/mol. The van der Waals surface area contributed by atoms with Gasteiger partial charge in [0.15, 0.2) is 6.61 Å². The molecular formula is C9H7BrN2O3. The first kappa shape index (κ1) is 9.97. The fourth-order valence-corrected chi connectivity index (χ4v) is 1.50. The first-order valence-corrected chi connectivity index (χ1v) is 4.97. The van der Waals surface area contributed by atoms with Gasteiger partial charge in [0, 0.05) is 21.6 Å².